The van der Waals surface area contributed by atoms with Gasteiger partial charge in [0.05, 0.1) is 6.16 Å². The third-order valence-electron chi connectivity index (χ3n) is 6.11. The quantitative estimate of drug-likeness (QED) is 0.204. The van der Waals surface area contributed by atoms with Crippen LogP contribution in [0.25, 0.3) is 0 Å². The molecule has 0 aliphatic carbocycles. The highest BCUT2D eigenvalue weighted by molar-refractivity contribution is 7.95. The minimum absolute atomic E-state index is 0. The van der Waals surface area contributed by atoms with E-state index < -0.39 is 7.26 Å². The van der Waals surface area contributed by atoms with Gasteiger partial charge in [0.15, 0.2) is 0 Å². The van der Waals surface area contributed by atoms with Crippen LogP contribution >= 0.6 is 7.26 Å². The lowest BCUT2D eigenvalue weighted by atomic mass is 10.1. The van der Waals surface area contributed by atoms with E-state index in [0.29, 0.717) is 0 Å². The lowest BCUT2D eigenvalue weighted by Gasteiger charge is -2.26. The van der Waals surface area contributed by atoms with Crippen LogP contribution in [0.2, 0.25) is 0 Å². The molecule has 0 N–H and O–H groups in total. The van der Waals surface area contributed by atoms with Gasteiger partial charge in [0.1, 0.15) is 23.2 Å². The first-order valence-electron chi connectivity index (χ1n) is 12.2. The Kier molecular flexibility index (Phi) is 12.0. The Hall–Kier alpha value is -2.66. The third kappa shape index (κ3) is 8.21. The molecule has 2 heteroatoms. The van der Waals surface area contributed by atoms with E-state index >= 15 is 0 Å². The summed E-state index contributed by atoms with van der Waals surface area (Å²) in [6, 6.07) is 33.3. The van der Waals surface area contributed by atoms with Gasteiger partial charge in [-0.15, -0.1) is 0 Å². The molecule has 35 heavy (non-hydrogen) atoms. The monoisotopic (exact) mass is 500 g/mol. The molecule has 0 atom stereocenters. The number of rotatable bonds is 10. The molecule has 3 aromatic carbocycles. The molecule has 0 unspecified atom stereocenters. The summed E-state index contributed by atoms with van der Waals surface area (Å²) in [5.74, 6) is 0. The summed E-state index contributed by atoms with van der Waals surface area (Å²) in [6.45, 7) is 8.77. The summed E-state index contributed by atoms with van der Waals surface area (Å²) in [6.07, 6.45) is 14.7. The highest BCUT2D eigenvalue weighted by Gasteiger charge is 2.44. The lowest BCUT2D eigenvalue weighted by molar-refractivity contribution is -0.00000701. The van der Waals surface area contributed by atoms with Crippen molar-refractivity contribution in [2.45, 2.75) is 40.5 Å². The normalized spacial score (nSPS) is 12.3. The van der Waals surface area contributed by atoms with E-state index in [4.69, 9.17) is 0 Å². The average Bonchev–Trinajstić information content (AvgIpc) is 2.86. The maximum Gasteiger partial charge on any atom is 0.115 e. The van der Waals surface area contributed by atoms with Crippen molar-refractivity contribution in [3.05, 3.63) is 138 Å². The number of benzene rings is 3. The maximum absolute atomic E-state index is 2.43. The number of hydrogen-bond donors (Lipinski definition) is 0. The van der Waals surface area contributed by atoms with Gasteiger partial charge in [-0.3, -0.25) is 0 Å². The molecule has 0 amide bonds. The van der Waals surface area contributed by atoms with Gasteiger partial charge in [-0.1, -0.05) is 95.6 Å². The Morgan fingerprint density at radius 2 is 1.11 bits per heavy atom. The SMILES string of the molecule is CC(C)=CCC/C(C)=C/C=C/C(C)=C\C[P+](c1ccccc1)(c1ccccc1)c1ccccc1.[Cl-]. The highest BCUT2D eigenvalue weighted by atomic mass is 35.5. The average molecular weight is 501 g/mol. The highest BCUT2D eigenvalue weighted by Crippen LogP contribution is 2.55. The number of allylic oxidation sites excluding steroid dienone is 8. The first-order chi connectivity index (χ1) is 16.5. The van der Waals surface area contributed by atoms with Crippen molar-refractivity contribution in [1.82, 2.24) is 0 Å². The molecule has 182 valence electrons. The Bertz CT molecular complexity index is 1040. The molecule has 3 aromatic rings. The van der Waals surface area contributed by atoms with Crippen LogP contribution in [0.4, 0.5) is 0 Å². The van der Waals surface area contributed by atoms with E-state index in [1.54, 1.807) is 0 Å². The minimum atomic E-state index is -1.81. The zero-order valence-electron chi connectivity index (χ0n) is 21.5. The standard InChI is InChI=1S/C33H38P.ClH/c1-28(2)16-14-17-29(3)18-15-19-30(4)26-27-34(31-20-8-5-9-21-31,32-22-10-6-11-23-32)33-24-12-7-13-25-33;/h5-13,15-16,18-26H,14,17,27H2,1-4H3;1H/q+1;/p-1/b19-15+,29-18+,30-26-;. The van der Waals surface area contributed by atoms with Crippen LogP contribution in [-0.2, 0) is 0 Å². The molecule has 0 nitrogen and oxygen atoms in total. The van der Waals surface area contributed by atoms with Crippen LogP contribution in [0, 0.1) is 0 Å². The molecule has 0 bridgehead atoms. The number of hydrogen-bond acceptors (Lipinski definition) is 0. The van der Waals surface area contributed by atoms with E-state index in [9.17, 15) is 0 Å². The van der Waals surface area contributed by atoms with E-state index in [1.165, 1.54) is 32.6 Å². The van der Waals surface area contributed by atoms with Crippen molar-refractivity contribution in [1.29, 1.82) is 0 Å². The zero-order valence-corrected chi connectivity index (χ0v) is 23.1. The molecule has 0 aromatic heterocycles. The van der Waals surface area contributed by atoms with Gasteiger partial charge < -0.3 is 12.4 Å². The van der Waals surface area contributed by atoms with Crippen LogP contribution in [0.1, 0.15) is 40.5 Å². The second kappa shape index (κ2) is 14.7. The Balaban J connectivity index is 0.00000432. The molecular weight excluding hydrogens is 463 g/mol. The van der Waals surface area contributed by atoms with Crippen LogP contribution < -0.4 is 28.3 Å². The molecule has 0 aliphatic heterocycles. The Morgan fingerprint density at radius 1 is 0.657 bits per heavy atom. The van der Waals surface area contributed by atoms with Crippen LogP contribution in [0.3, 0.4) is 0 Å². The van der Waals surface area contributed by atoms with Crippen molar-refractivity contribution in [2.24, 2.45) is 0 Å². The van der Waals surface area contributed by atoms with Crippen LogP contribution in [0.15, 0.2) is 138 Å². The molecule has 0 heterocycles. The summed E-state index contributed by atoms with van der Waals surface area (Å²) in [5, 5.41) is 4.28. The fourth-order valence-electron chi connectivity index (χ4n) is 4.20. The second-order valence-corrected chi connectivity index (χ2v) is 12.7. The minimum Gasteiger partial charge on any atom is -1.00 e. The zero-order chi connectivity index (χ0) is 24.2. The van der Waals surface area contributed by atoms with Crippen molar-refractivity contribution < 1.29 is 12.4 Å². The topological polar surface area (TPSA) is 0 Å². The van der Waals surface area contributed by atoms with E-state index in [2.05, 4.69) is 149 Å². The van der Waals surface area contributed by atoms with Gasteiger partial charge in [0.25, 0.3) is 0 Å². The fourth-order valence-corrected chi connectivity index (χ4v) is 8.33. The summed E-state index contributed by atoms with van der Waals surface area (Å²) < 4.78 is 0. The van der Waals surface area contributed by atoms with E-state index in [-0.39, 0.29) is 12.4 Å². The largest absolute Gasteiger partial charge is 1.00 e. The van der Waals surface area contributed by atoms with Gasteiger partial charge >= 0.3 is 0 Å². The maximum atomic E-state index is 2.43. The molecule has 0 aliphatic rings. The molecule has 0 saturated heterocycles. The summed E-state index contributed by atoms with van der Waals surface area (Å²) in [7, 11) is -1.81. The van der Waals surface area contributed by atoms with E-state index in [0.717, 1.165) is 19.0 Å². The molecule has 0 radical (unpaired) electrons. The molecular formula is C33H38ClP. The molecule has 0 spiro atoms. The van der Waals surface area contributed by atoms with Crippen molar-refractivity contribution >= 4 is 23.2 Å². The Morgan fingerprint density at radius 3 is 1.54 bits per heavy atom. The van der Waals surface area contributed by atoms with Crippen LogP contribution in [0.5, 0.6) is 0 Å². The van der Waals surface area contributed by atoms with Gasteiger partial charge in [0, 0.05) is 0 Å². The molecule has 0 saturated carbocycles. The first-order valence-corrected chi connectivity index (χ1v) is 14.2. The van der Waals surface area contributed by atoms with Gasteiger partial charge in [0.2, 0.25) is 0 Å². The predicted octanol–water partition coefficient (Wildman–Crippen LogP) is 5.18. The van der Waals surface area contributed by atoms with Gasteiger partial charge in [-0.05, 0) is 83.0 Å². The lowest BCUT2D eigenvalue weighted by Crippen LogP contribution is -3.00. The Labute approximate surface area is 219 Å². The summed E-state index contributed by atoms with van der Waals surface area (Å²) >= 11 is 0. The number of halogens is 1. The first kappa shape index (κ1) is 28.6. The van der Waals surface area contributed by atoms with Crippen molar-refractivity contribution in [3.8, 4) is 0 Å². The predicted molar refractivity (Wildman–Crippen MR) is 155 cm³/mol. The fraction of sp³-hybridized carbons (Fsp3) is 0.212. The van der Waals surface area contributed by atoms with Crippen molar-refractivity contribution in [3.63, 3.8) is 0 Å². The smallest absolute Gasteiger partial charge is 0.115 e. The molecule has 0 fully saturated rings. The third-order valence-corrected chi connectivity index (χ3v) is 10.4. The second-order valence-electron chi connectivity index (χ2n) is 9.14. The summed E-state index contributed by atoms with van der Waals surface area (Å²) in [4.78, 5) is 0. The van der Waals surface area contributed by atoms with Crippen LogP contribution in [-0.4, -0.2) is 6.16 Å². The van der Waals surface area contributed by atoms with E-state index in [1.807, 2.05) is 0 Å². The van der Waals surface area contributed by atoms with Crippen molar-refractivity contribution in [2.75, 3.05) is 6.16 Å². The van der Waals surface area contributed by atoms with Gasteiger partial charge in [-0.2, -0.15) is 0 Å². The van der Waals surface area contributed by atoms with Gasteiger partial charge in [-0.25, -0.2) is 0 Å². The summed E-state index contributed by atoms with van der Waals surface area (Å²) in [5.41, 5.74) is 4.12. The molecule has 3 rings (SSSR count).